The Morgan fingerprint density at radius 1 is 1.21 bits per heavy atom. The molecule has 1 aromatic heterocycles. The van der Waals surface area contributed by atoms with Gasteiger partial charge in [-0.05, 0) is 18.2 Å². The third-order valence-electron chi connectivity index (χ3n) is 2.62. The van der Waals surface area contributed by atoms with Gasteiger partial charge < -0.3 is 10.4 Å². The van der Waals surface area contributed by atoms with Gasteiger partial charge in [0.25, 0.3) is 6.43 Å². The fraction of sp³-hybridized carbons (Fsp3) is 0.308. The van der Waals surface area contributed by atoms with Crippen LogP contribution in [0.4, 0.5) is 8.78 Å². The van der Waals surface area contributed by atoms with Gasteiger partial charge >= 0.3 is 0 Å². The largest absolute Gasteiger partial charge is 0.386 e. The molecule has 102 valence electrons. The number of hydrogen-bond acceptors (Lipinski definition) is 3. The zero-order valence-electron chi connectivity index (χ0n) is 10.2. The number of para-hydroxylation sites is 1. The highest BCUT2D eigenvalue weighted by atomic mass is 19.3. The Kier molecular flexibility index (Phi) is 4.59. The predicted molar refractivity (Wildman–Crippen MR) is 67.3 cm³/mol. The van der Waals surface area contributed by atoms with E-state index in [0.29, 0.717) is 6.54 Å². The smallest absolute Gasteiger partial charge is 0.265 e. The van der Waals surface area contributed by atoms with E-state index in [-0.39, 0.29) is 6.54 Å². The SMILES string of the molecule is OC(CNCc1ccn(-c2ccccc2)n1)C(F)F. The molecule has 2 aromatic rings. The monoisotopic (exact) mass is 267 g/mol. The summed E-state index contributed by atoms with van der Waals surface area (Å²) in [4.78, 5) is 0. The zero-order valence-corrected chi connectivity index (χ0v) is 10.2. The minimum Gasteiger partial charge on any atom is -0.386 e. The van der Waals surface area contributed by atoms with E-state index in [0.717, 1.165) is 11.4 Å². The molecule has 1 aromatic carbocycles. The van der Waals surface area contributed by atoms with Gasteiger partial charge in [-0.25, -0.2) is 13.5 Å². The van der Waals surface area contributed by atoms with Crippen molar-refractivity contribution in [1.82, 2.24) is 15.1 Å². The van der Waals surface area contributed by atoms with Crippen molar-refractivity contribution in [2.45, 2.75) is 19.1 Å². The van der Waals surface area contributed by atoms with Gasteiger partial charge in [0.15, 0.2) is 0 Å². The summed E-state index contributed by atoms with van der Waals surface area (Å²) in [5.41, 5.74) is 1.66. The van der Waals surface area contributed by atoms with E-state index in [1.807, 2.05) is 30.3 Å². The summed E-state index contributed by atoms with van der Waals surface area (Å²) in [7, 11) is 0. The number of hydrogen-bond donors (Lipinski definition) is 2. The van der Waals surface area contributed by atoms with E-state index >= 15 is 0 Å². The molecule has 0 bridgehead atoms. The Hall–Kier alpha value is -1.79. The summed E-state index contributed by atoms with van der Waals surface area (Å²) >= 11 is 0. The molecule has 0 fully saturated rings. The molecule has 0 aliphatic rings. The third kappa shape index (κ3) is 3.84. The highest BCUT2D eigenvalue weighted by Gasteiger charge is 2.15. The first-order chi connectivity index (χ1) is 9.16. The van der Waals surface area contributed by atoms with Gasteiger partial charge in [-0.2, -0.15) is 5.10 Å². The van der Waals surface area contributed by atoms with E-state index in [1.54, 1.807) is 16.9 Å². The van der Waals surface area contributed by atoms with Gasteiger partial charge in [-0.1, -0.05) is 18.2 Å². The van der Waals surface area contributed by atoms with Gasteiger partial charge in [0.1, 0.15) is 6.10 Å². The van der Waals surface area contributed by atoms with Crippen LogP contribution in [0.3, 0.4) is 0 Å². The van der Waals surface area contributed by atoms with E-state index in [9.17, 15) is 8.78 Å². The third-order valence-corrected chi connectivity index (χ3v) is 2.62. The molecule has 0 aliphatic carbocycles. The van der Waals surface area contributed by atoms with Gasteiger partial charge in [0.05, 0.1) is 11.4 Å². The van der Waals surface area contributed by atoms with Crippen LogP contribution in [0.5, 0.6) is 0 Å². The first kappa shape index (κ1) is 13.6. The molecule has 0 saturated heterocycles. The fourth-order valence-corrected chi connectivity index (χ4v) is 1.62. The molecule has 2 N–H and O–H groups in total. The van der Waals surface area contributed by atoms with Gasteiger partial charge in [0, 0.05) is 19.3 Å². The molecule has 1 unspecified atom stereocenters. The summed E-state index contributed by atoms with van der Waals surface area (Å²) in [6, 6.07) is 11.4. The molecular formula is C13H15F2N3O. The number of nitrogens with zero attached hydrogens (tertiary/aromatic N) is 2. The lowest BCUT2D eigenvalue weighted by Crippen LogP contribution is -2.31. The highest BCUT2D eigenvalue weighted by molar-refractivity contribution is 5.30. The predicted octanol–water partition coefficient (Wildman–Crippen LogP) is 1.59. The maximum atomic E-state index is 12.1. The topological polar surface area (TPSA) is 50.1 Å². The van der Waals surface area contributed by atoms with Crippen LogP contribution in [0.15, 0.2) is 42.6 Å². The second kappa shape index (κ2) is 6.40. The van der Waals surface area contributed by atoms with Crippen LogP contribution in [-0.2, 0) is 6.54 Å². The molecule has 1 atom stereocenters. The van der Waals surface area contributed by atoms with Crippen LogP contribution in [-0.4, -0.2) is 34.0 Å². The molecule has 2 rings (SSSR count). The molecule has 0 aliphatic heterocycles. The van der Waals surface area contributed by atoms with Gasteiger partial charge in [0.2, 0.25) is 0 Å². The highest BCUT2D eigenvalue weighted by Crippen LogP contribution is 2.06. The Morgan fingerprint density at radius 3 is 2.63 bits per heavy atom. The average molecular weight is 267 g/mol. The molecule has 0 radical (unpaired) electrons. The zero-order chi connectivity index (χ0) is 13.7. The van der Waals surface area contributed by atoms with E-state index < -0.39 is 12.5 Å². The number of rotatable bonds is 6. The number of benzene rings is 1. The molecule has 6 heteroatoms. The van der Waals surface area contributed by atoms with Crippen LogP contribution < -0.4 is 5.32 Å². The van der Waals surface area contributed by atoms with Crippen LogP contribution in [0.25, 0.3) is 5.69 Å². The van der Waals surface area contributed by atoms with Gasteiger partial charge in [-0.15, -0.1) is 0 Å². The Bertz CT molecular complexity index is 502. The van der Waals surface area contributed by atoms with Crippen molar-refractivity contribution in [2.75, 3.05) is 6.54 Å². The van der Waals surface area contributed by atoms with Crippen molar-refractivity contribution in [2.24, 2.45) is 0 Å². The number of aromatic nitrogens is 2. The van der Waals surface area contributed by atoms with Crippen LogP contribution in [0.2, 0.25) is 0 Å². The van der Waals surface area contributed by atoms with Crippen molar-refractivity contribution in [3.8, 4) is 5.69 Å². The number of halogens is 2. The van der Waals surface area contributed by atoms with E-state index in [1.165, 1.54) is 0 Å². The minimum absolute atomic E-state index is 0.157. The first-order valence-corrected chi connectivity index (χ1v) is 5.93. The maximum Gasteiger partial charge on any atom is 0.265 e. The van der Waals surface area contributed by atoms with Gasteiger partial charge in [-0.3, -0.25) is 0 Å². The molecule has 1 heterocycles. The molecule has 19 heavy (non-hydrogen) atoms. The van der Waals surface area contributed by atoms with Crippen LogP contribution in [0, 0.1) is 0 Å². The Labute approximate surface area is 109 Å². The lowest BCUT2D eigenvalue weighted by Gasteiger charge is -2.09. The first-order valence-electron chi connectivity index (χ1n) is 5.93. The number of aliphatic hydroxyl groups is 1. The Balaban J connectivity index is 1.88. The standard InChI is InChI=1S/C13H15F2N3O/c14-13(15)12(19)9-16-8-10-6-7-18(17-10)11-4-2-1-3-5-11/h1-7,12-13,16,19H,8-9H2. The summed E-state index contributed by atoms with van der Waals surface area (Å²) in [6.07, 6.45) is -2.57. The summed E-state index contributed by atoms with van der Waals surface area (Å²) in [5.74, 6) is 0. The minimum atomic E-state index is -2.73. The van der Waals surface area contributed by atoms with Crippen molar-refractivity contribution < 1.29 is 13.9 Å². The lowest BCUT2D eigenvalue weighted by molar-refractivity contribution is -0.00344. The molecule has 0 saturated carbocycles. The number of nitrogens with one attached hydrogen (secondary N) is 1. The average Bonchev–Trinajstić information content (AvgIpc) is 2.88. The normalized spacial score (nSPS) is 12.8. The lowest BCUT2D eigenvalue weighted by atomic mass is 10.3. The van der Waals surface area contributed by atoms with Crippen LogP contribution in [0.1, 0.15) is 5.69 Å². The molecule has 4 nitrogen and oxygen atoms in total. The summed E-state index contributed by atoms with van der Waals surface area (Å²) in [5, 5.41) is 16.0. The summed E-state index contributed by atoms with van der Waals surface area (Å²) < 4.78 is 25.8. The van der Waals surface area contributed by atoms with Crippen LogP contribution >= 0.6 is 0 Å². The maximum absolute atomic E-state index is 12.1. The van der Waals surface area contributed by atoms with E-state index in [2.05, 4.69) is 10.4 Å². The second-order valence-electron chi connectivity index (χ2n) is 4.12. The number of alkyl halides is 2. The molecular weight excluding hydrogens is 252 g/mol. The summed E-state index contributed by atoms with van der Waals surface area (Å²) in [6.45, 7) is 0.180. The Morgan fingerprint density at radius 2 is 1.95 bits per heavy atom. The second-order valence-corrected chi connectivity index (χ2v) is 4.12. The van der Waals surface area contributed by atoms with E-state index in [4.69, 9.17) is 5.11 Å². The molecule has 0 spiro atoms. The van der Waals surface area contributed by atoms with Crippen molar-refractivity contribution >= 4 is 0 Å². The quantitative estimate of drug-likeness (QED) is 0.835. The van der Waals surface area contributed by atoms with Crippen molar-refractivity contribution in [1.29, 1.82) is 0 Å². The van der Waals surface area contributed by atoms with Crippen molar-refractivity contribution in [3.63, 3.8) is 0 Å². The fourth-order valence-electron chi connectivity index (χ4n) is 1.62. The molecule has 0 amide bonds. The van der Waals surface area contributed by atoms with Crippen molar-refractivity contribution in [3.05, 3.63) is 48.3 Å². The number of aliphatic hydroxyl groups excluding tert-OH is 1.